The predicted octanol–water partition coefficient (Wildman–Crippen LogP) is 2.41. The number of nitrogens with one attached hydrogen (secondary N) is 1. The molecule has 2 aromatic rings. The van der Waals surface area contributed by atoms with Gasteiger partial charge in [-0.1, -0.05) is 5.92 Å². The highest BCUT2D eigenvalue weighted by atomic mass is 32.1. The van der Waals surface area contributed by atoms with E-state index in [2.05, 4.69) is 33.6 Å². The van der Waals surface area contributed by atoms with Crippen LogP contribution in [0.1, 0.15) is 12.5 Å². The van der Waals surface area contributed by atoms with Crippen LogP contribution >= 0.6 is 11.3 Å². The van der Waals surface area contributed by atoms with Crippen molar-refractivity contribution >= 4 is 21.6 Å². The Morgan fingerprint density at radius 3 is 3.33 bits per heavy atom. The molecule has 0 fully saturated rings. The average Bonchev–Trinajstić information content (AvgIpc) is 2.71. The van der Waals surface area contributed by atoms with Crippen molar-refractivity contribution in [2.45, 2.75) is 13.5 Å². The summed E-state index contributed by atoms with van der Waals surface area (Å²) in [5.41, 5.74) is 2.29. The summed E-state index contributed by atoms with van der Waals surface area (Å²) in [7, 11) is 0. The zero-order chi connectivity index (χ0) is 10.5. The SMILES string of the molecule is CC#CCNCc1cnc2ccsc2c1. The van der Waals surface area contributed by atoms with Crippen molar-refractivity contribution in [1.29, 1.82) is 0 Å². The lowest BCUT2D eigenvalue weighted by Crippen LogP contribution is -2.13. The molecule has 0 saturated carbocycles. The van der Waals surface area contributed by atoms with E-state index in [1.807, 2.05) is 19.2 Å². The molecule has 3 heteroatoms. The third-order valence-electron chi connectivity index (χ3n) is 2.08. The second-order valence-electron chi connectivity index (χ2n) is 3.18. The average molecular weight is 216 g/mol. The van der Waals surface area contributed by atoms with E-state index in [4.69, 9.17) is 0 Å². The standard InChI is InChI=1S/C12H12N2S/c1-2-3-5-13-8-10-7-12-11(14-9-10)4-6-15-12/h4,6-7,9,13H,5,8H2,1H3. The van der Waals surface area contributed by atoms with Crippen LogP contribution < -0.4 is 5.32 Å². The number of rotatable bonds is 3. The maximum Gasteiger partial charge on any atom is 0.0809 e. The van der Waals surface area contributed by atoms with Gasteiger partial charge in [0.2, 0.25) is 0 Å². The molecule has 2 nitrogen and oxygen atoms in total. The second-order valence-corrected chi connectivity index (χ2v) is 4.13. The van der Waals surface area contributed by atoms with E-state index in [9.17, 15) is 0 Å². The third-order valence-corrected chi connectivity index (χ3v) is 2.93. The summed E-state index contributed by atoms with van der Waals surface area (Å²) in [6, 6.07) is 4.22. The summed E-state index contributed by atoms with van der Waals surface area (Å²) >= 11 is 1.73. The lowest BCUT2D eigenvalue weighted by molar-refractivity contribution is 0.768. The molecule has 0 radical (unpaired) electrons. The number of fused-ring (bicyclic) bond motifs is 1. The maximum absolute atomic E-state index is 4.37. The number of hydrogen-bond acceptors (Lipinski definition) is 3. The molecule has 15 heavy (non-hydrogen) atoms. The van der Waals surface area contributed by atoms with Gasteiger partial charge in [-0.2, -0.15) is 0 Å². The molecular weight excluding hydrogens is 204 g/mol. The van der Waals surface area contributed by atoms with Gasteiger partial charge in [0.15, 0.2) is 0 Å². The summed E-state index contributed by atoms with van der Waals surface area (Å²) in [4.78, 5) is 4.37. The molecule has 2 heterocycles. The van der Waals surface area contributed by atoms with Gasteiger partial charge in [-0.25, -0.2) is 0 Å². The Morgan fingerprint density at radius 1 is 1.53 bits per heavy atom. The van der Waals surface area contributed by atoms with Crippen LogP contribution in [0.3, 0.4) is 0 Å². The summed E-state index contributed by atoms with van der Waals surface area (Å²) in [5.74, 6) is 5.83. The van der Waals surface area contributed by atoms with Crippen LogP contribution in [0.15, 0.2) is 23.7 Å². The zero-order valence-electron chi connectivity index (χ0n) is 8.58. The highest BCUT2D eigenvalue weighted by molar-refractivity contribution is 7.17. The van der Waals surface area contributed by atoms with Crippen molar-refractivity contribution in [3.05, 3.63) is 29.3 Å². The van der Waals surface area contributed by atoms with Gasteiger partial charge in [0.1, 0.15) is 0 Å². The normalized spacial score (nSPS) is 9.93. The first-order chi connectivity index (χ1) is 7.40. The zero-order valence-corrected chi connectivity index (χ0v) is 9.40. The van der Waals surface area contributed by atoms with Gasteiger partial charge in [0.25, 0.3) is 0 Å². The van der Waals surface area contributed by atoms with Crippen molar-refractivity contribution in [2.75, 3.05) is 6.54 Å². The fraction of sp³-hybridized carbons (Fsp3) is 0.250. The van der Waals surface area contributed by atoms with Crippen molar-refractivity contribution < 1.29 is 0 Å². The fourth-order valence-corrected chi connectivity index (χ4v) is 2.15. The molecule has 76 valence electrons. The highest BCUT2D eigenvalue weighted by Crippen LogP contribution is 2.19. The Bertz CT molecular complexity index is 505. The number of aromatic nitrogens is 1. The number of pyridine rings is 1. The lowest BCUT2D eigenvalue weighted by Gasteiger charge is -2.00. The van der Waals surface area contributed by atoms with Crippen LogP contribution in [0.4, 0.5) is 0 Å². The van der Waals surface area contributed by atoms with E-state index in [-0.39, 0.29) is 0 Å². The van der Waals surface area contributed by atoms with Crippen molar-refractivity contribution in [3.63, 3.8) is 0 Å². The van der Waals surface area contributed by atoms with Crippen LogP contribution in [0, 0.1) is 11.8 Å². The molecule has 0 aliphatic rings. The molecule has 0 saturated heterocycles. The highest BCUT2D eigenvalue weighted by Gasteiger charge is 1.97. The third kappa shape index (κ3) is 2.56. The Hall–Kier alpha value is -1.37. The first kappa shape index (κ1) is 10.2. The van der Waals surface area contributed by atoms with Crippen LogP contribution in [0.2, 0.25) is 0 Å². The van der Waals surface area contributed by atoms with Gasteiger partial charge >= 0.3 is 0 Å². The summed E-state index contributed by atoms with van der Waals surface area (Å²) in [6.07, 6.45) is 1.92. The monoisotopic (exact) mass is 216 g/mol. The summed E-state index contributed by atoms with van der Waals surface area (Å²) < 4.78 is 1.25. The number of hydrogen-bond donors (Lipinski definition) is 1. The van der Waals surface area contributed by atoms with Gasteiger partial charge < -0.3 is 5.32 Å². The molecule has 2 rings (SSSR count). The van der Waals surface area contributed by atoms with Crippen molar-refractivity contribution in [2.24, 2.45) is 0 Å². The first-order valence-electron chi connectivity index (χ1n) is 4.82. The van der Waals surface area contributed by atoms with E-state index < -0.39 is 0 Å². The van der Waals surface area contributed by atoms with E-state index in [0.29, 0.717) is 0 Å². The molecule has 0 aliphatic carbocycles. The van der Waals surface area contributed by atoms with Crippen LogP contribution in [-0.2, 0) is 6.54 Å². The lowest BCUT2D eigenvalue weighted by atomic mass is 10.2. The maximum atomic E-state index is 4.37. The number of thiophene rings is 1. The van der Waals surface area contributed by atoms with Gasteiger partial charge in [0.05, 0.1) is 16.8 Å². The largest absolute Gasteiger partial charge is 0.302 e. The molecule has 0 amide bonds. The summed E-state index contributed by atoms with van der Waals surface area (Å²) in [5, 5.41) is 5.32. The summed E-state index contributed by atoms with van der Waals surface area (Å²) in [6.45, 7) is 3.41. The van der Waals surface area contributed by atoms with Gasteiger partial charge in [-0.05, 0) is 30.0 Å². The minimum absolute atomic E-state index is 0.735. The topological polar surface area (TPSA) is 24.9 Å². The van der Waals surface area contributed by atoms with Gasteiger partial charge in [-0.3, -0.25) is 4.98 Å². The van der Waals surface area contributed by atoms with Crippen molar-refractivity contribution in [3.8, 4) is 11.8 Å². The Labute approximate surface area is 93.3 Å². The molecule has 1 N–H and O–H groups in total. The molecule has 0 aromatic carbocycles. The minimum atomic E-state index is 0.735. The van der Waals surface area contributed by atoms with Crippen LogP contribution in [0.25, 0.3) is 10.2 Å². The van der Waals surface area contributed by atoms with Crippen LogP contribution in [0.5, 0.6) is 0 Å². The number of nitrogens with zero attached hydrogens (tertiary/aromatic N) is 1. The van der Waals surface area contributed by atoms with E-state index in [1.165, 1.54) is 10.3 Å². The molecule has 0 unspecified atom stereocenters. The van der Waals surface area contributed by atoms with Gasteiger partial charge in [0, 0.05) is 12.7 Å². The van der Waals surface area contributed by atoms with Gasteiger partial charge in [-0.15, -0.1) is 17.3 Å². The molecule has 0 bridgehead atoms. The molecular formula is C12H12N2S. The quantitative estimate of drug-likeness (QED) is 0.629. The second kappa shape index (κ2) is 4.92. The van der Waals surface area contributed by atoms with Crippen molar-refractivity contribution in [1.82, 2.24) is 10.3 Å². The molecule has 0 atom stereocenters. The first-order valence-corrected chi connectivity index (χ1v) is 5.70. The van der Waals surface area contributed by atoms with Crippen LogP contribution in [-0.4, -0.2) is 11.5 Å². The fourth-order valence-electron chi connectivity index (χ4n) is 1.34. The predicted molar refractivity (Wildman–Crippen MR) is 64.8 cm³/mol. The van der Waals surface area contributed by atoms with E-state index in [0.717, 1.165) is 18.6 Å². The Balaban J connectivity index is 2.03. The molecule has 0 spiro atoms. The van der Waals surface area contributed by atoms with E-state index in [1.54, 1.807) is 11.3 Å². The Kier molecular flexibility index (Phi) is 3.33. The molecule has 2 aromatic heterocycles. The smallest absolute Gasteiger partial charge is 0.0809 e. The minimum Gasteiger partial charge on any atom is -0.302 e. The van der Waals surface area contributed by atoms with E-state index >= 15 is 0 Å². The molecule has 0 aliphatic heterocycles. The Morgan fingerprint density at radius 2 is 2.47 bits per heavy atom.